The molecule has 0 fully saturated rings. The molecule has 1 atom stereocenters. The molecule has 1 aliphatic rings. The van der Waals surface area contributed by atoms with Crippen molar-refractivity contribution in [2.24, 2.45) is 0 Å². The van der Waals surface area contributed by atoms with Gasteiger partial charge in [0.05, 0.1) is 0 Å². The molecule has 2 aromatic heterocycles. The van der Waals surface area contributed by atoms with Crippen LogP contribution >= 0.6 is 0 Å². The zero-order chi connectivity index (χ0) is 18.2. The second-order valence-electron chi connectivity index (χ2n) is 6.38. The number of pyridine rings is 1. The van der Waals surface area contributed by atoms with Crippen molar-refractivity contribution in [1.29, 1.82) is 0 Å². The maximum Gasteiger partial charge on any atom is 0.433 e. The summed E-state index contributed by atoms with van der Waals surface area (Å²) in [6, 6.07) is 1.86. The van der Waals surface area contributed by atoms with Gasteiger partial charge in [-0.05, 0) is 18.6 Å². The molecule has 2 aromatic rings. The molecule has 1 amide bonds. The third-order valence-corrected chi connectivity index (χ3v) is 4.14. The molecule has 3 rings (SSSR count). The van der Waals surface area contributed by atoms with Crippen molar-refractivity contribution < 1.29 is 18.0 Å². The molecular formula is C16H18F3N5O. The number of nitrogens with one attached hydrogen (secondary N) is 1. The molecule has 1 N–H and O–H groups in total. The molecule has 0 bridgehead atoms. The van der Waals surface area contributed by atoms with Gasteiger partial charge < -0.3 is 9.88 Å². The lowest BCUT2D eigenvalue weighted by Crippen LogP contribution is -2.41. The Kier molecular flexibility index (Phi) is 4.49. The van der Waals surface area contributed by atoms with E-state index in [1.165, 1.54) is 6.07 Å². The van der Waals surface area contributed by atoms with Gasteiger partial charge in [0, 0.05) is 36.7 Å². The van der Waals surface area contributed by atoms with E-state index < -0.39 is 17.8 Å². The van der Waals surface area contributed by atoms with E-state index in [4.69, 9.17) is 0 Å². The minimum Gasteiger partial charge on any atom is -0.347 e. The molecule has 3 heterocycles. The molecule has 1 aliphatic heterocycles. The molecule has 0 spiro atoms. The number of aryl methyl sites for hydroxylation is 1. The normalized spacial score (nSPS) is 17.4. The second-order valence-corrected chi connectivity index (χ2v) is 6.38. The Morgan fingerprint density at radius 1 is 1.36 bits per heavy atom. The van der Waals surface area contributed by atoms with Gasteiger partial charge in [-0.2, -0.15) is 13.2 Å². The molecule has 0 saturated carbocycles. The lowest BCUT2D eigenvalue weighted by atomic mass is 10.1. The second kappa shape index (κ2) is 6.45. The number of alkyl halides is 3. The van der Waals surface area contributed by atoms with E-state index in [-0.39, 0.29) is 17.5 Å². The molecular weight excluding hydrogens is 335 g/mol. The lowest BCUT2D eigenvalue weighted by Gasteiger charge is -2.26. The maximum absolute atomic E-state index is 12.7. The van der Waals surface area contributed by atoms with Crippen LogP contribution in [0, 0.1) is 0 Å². The first-order valence-electron chi connectivity index (χ1n) is 8.01. The number of halogens is 3. The largest absolute Gasteiger partial charge is 0.433 e. The Hall–Kier alpha value is -2.45. The zero-order valence-corrected chi connectivity index (χ0v) is 13.8. The highest BCUT2D eigenvalue weighted by Crippen LogP contribution is 2.27. The summed E-state index contributed by atoms with van der Waals surface area (Å²) in [7, 11) is 0. The topological polar surface area (TPSA) is 72.7 Å². The Morgan fingerprint density at radius 2 is 2.12 bits per heavy atom. The van der Waals surface area contributed by atoms with Crippen LogP contribution in [0.5, 0.6) is 0 Å². The molecule has 25 heavy (non-hydrogen) atoms. The average molecular weight is 353 g/mol. The van der Waals surface area contributed by atoms with Crippen LogP contribution < -0.4 is 5.32 Å². The Morgan fingerprint density at radius 3 is 2.80 bits per heavy atom. The summed E-state index contributed by atoms with van der Waals surface area (Å²) in [5, 5.41) is 11.1. The van der Waals surface area contributed by atoms with Crippen LogP contribution in [-0.2, 0) is 19.1 Å². The van der Waals surface area contributed by atoms with Crippen molar-refractivity contribution >= 4 is 5.91 Å². The van der Waals surface area contributed by atoms with Crippen LogP contribution in [0.4, 0.5) is 13.2 Å². The van der Waals surface area contributed by atoms with Gasteiger partial charge in [-0.15, -0.1) is 10.2 Å². The van der Waals surface area contributed by atoms with Crippen LogP contribution in [0.1, 0.15) is 53.9 Å². The monoisotopic (exact) mass is 353 g/mol. The summed E-state index contributed by atoms with van der Waals surface area (Å²) in [5.74, 6) is 1.38. The molecule has 0 radical (unpaired) electrons. The van der Waals surface area contributed by atoms with Crippen LogP contribution in [0.15, 0.2) is 18.3 Å². The van der Waals surface area contributed by atoms with E-state index in [1.54, 1.807) is 0 Å². The standard InChI is InChI=1S/C16H18F3N5O/c1-9(2)14-23-22-13-4-3-11(8-24(13)14)21-15(25)10-5-6-20-12(7-10)16(17,18)19/h5-7,9,11H,3-4,8H2,1-2H3,(H,21,25). The SMILES string of the molecule is CC(C)c1nnc2n1CC(NC(=O)c1ccnc(C(F)(F)F)c1)CC2. The number of aromatic nitrogens is 4. The number of rotatable bonds is 3. The smallest absolute Gasteiger partial charge is 0.347 e. The Bertz CT molecular complexity index is 784. The Balaban J connectivity index is 1.73. The van der Waals surface area contributed by atoms with Crippen LogP contribution in [0.2, 0.25) is 0 Å². The van der Waals surface area contributed by atoms with E-state index in [0.29, 0.717) is 19.4 Å². The first-order valence-corrected chi connectivity index (χ1v) is 8.01. The van der Waals surface area contributed by atoms with Crippen molar-refractivity contribution in [2.75, 3.05) is 0 Å². The van der Waals surface area contributed by atoms with E-state index in [1.807, 2.05) is 18.4 Å². The number of hydrogen-bond acceptors (Lipinski definition) is 4. The van der Waals surface area contributed by atoms with Crippen LogP contribution in [0.25, 0.3) is 0 Å². The molecule has 0 saturated heterocycles. The summed E-state index contributed by atoms with van der Waals surface area (Å²) >= 11 is 0. The number of amides is 1. The Labute approximate surface area is 142 Å². The first kappa shape index (κ1) is 17.4. The van der Waals surface area contributed by atoms with Gasteiger partial charge >= 0.3 is 6.18 Å². The maximum atomic E-state index is 12.7. The van der Waals surface area contributed by atoms with Crippen LogP contribution in [-0.4, -0.2) is 31.7 Å². The predicted octanol–water partition coefficient (Wildman–Crippen LogP) is 2.56. The summed E-state index contributed by atoms with van der Waals surface area (Å²) in [5.41, 5.74) is -1.13. The number of fused-ring (bicyclic) bond motifs is 1. The van der Waals surface area contributed by atoms with E-state index in [9.17, 15) is 18.0 Å². The predicted molar refractivity (Wildman–Crippen MR) is 82.9 cm³/mol. The molecule has 6 nitrogen and oxygen atoms in total. The average Bonchev–Trinajstić information content (AvgIpc) is 2.97. The minimum absolute atomic E-state index is 0.0547. The van der Waals surface area contributed by atoms with Gasteiger partial charge in [0.1, 0.15) is 17.3 Å². The zero-order valence-electron chi connectivity index (χ0n) is 13.8. The molecule has 134 valence electrons. The van der Waals surface area contributed by atoms with E-state index in [0.717, 1.165) is 23.9 Å². The third kappa shape index (κ3) is 3.64. The summed E-state index contributed by atoms with van der Waals surface area (Å²) in [6.07, 6.45) is -2.26. The third-order valence-electron chi connectivity index (χ3n) is 4.14. The van der Waals surface area contributed by atoms with Gasteiger partial charge in [-0.3, -0.25) is 9.78 Å². The summed E-state index contributed by atoms with van der Waals surface area (Å²) in [6.45, 7) is 4.53. The molecule has 0 aliphatic carbocycles. The van der Waals surface area contributed by atoms with E-state index >= 15 is 0 Å². The van der Waals surface area contributed by atoms with Gasteiger partial charge in [-0.1, -0.05) is 13.8 Å². The van der Waals surface area contributed by atoms with Gasteiger partial charge in [0.15, 0.2) is 0 Å². The molecule has 1 unspecified atom stereocenters. The molecule has 9 heteroatoms. The number of nitrogens with zero attached hydrogens (tertiary/aromatic N) is 4. The fourth-order valence-corrected chi connectivity index (χ4v) is 2.89. The van der Waals surface area contributed by atoms with Crippen molar-refractivity contribution in [3.63, 3.8) is 0 Å². The summed E-state index contributed by atoms with van der Waals surface area (Å²) in [4.78, 5) is 15.6. The highest BCUT2D eigenvalue weighted by atomic mass is 19.4. The highest BCUT2D eigenvalue weighted by molar-refractivity contribution is 5.94. The highest BCUT2D eigenvalue weighted by Gasteiger charge is 2.33. The van der Waals surface area contributed by atoms with Crippen LogP contribution in [0.3, 0.4) is 0 Å². The first-order chi connectivity index (χ1) is 11.8. The quantitative estimate of drug-likeness (QED) is 0.920. The minimum atomic E-state index is -4.58. The number of carbonyl (C=O) groups is 1. The van der Waals surface area contributed by atoms with Gasteiger partial charge in [0.25, 0.3) is 5.91 Å². The fourth-order valence-electron chi connectivity index (χ4n) is 2.89. The van der Waals surface area contributed by atoms with Crippen molar-refractivity contribution in [3.05, 3.63) is 41.2 Å². The number of carbonyl (C=O) groups excluding carboxylic acids is 1. The van der Waals surface area contributed by atoms with Gasteiger partial charge in [-0.25, -0.2) is 0 Å². The number of hydrogen-bond donors (Lipinski definition) is 1. The molecule has 0 aromatic carbocycles. The van der Waals surface area contributed by atoms with Gasteiger partial charge in [0.2, 0.25) is 0 Å². The van der Waals surface area contributed by atoms with E-state index in [2.05, 4.69) is 20.5 Å². The van der Waals surface area contributed by atoms with Crippen molar-refractivity contribution in [3.8, 4) is 0 Å². The van der Waals surface area contributed by atoms with Crippen molar-refractivity contribution in [2.45, 2.75) is 51.4 Å². The summed E-state index contributed by atoms with van der Waals surface area (Å²) < 4.78 is 40.2. The fraction of sp³-hybridized carbons (Fsp3) is 0.500. The van der Waals surface area contributed by atoms with Crippen molar-refractivity contribution in [1.82, 2.24) is 25.1 Å². The lowest BCUT2D eigenvalue weighted by molar-refractivity contribution is -0.141.